The first-order chi connectivity index (χ1) is 13.4. The van der Waals surface area contributed by atoms with Gasteiger partial charge >= 0.3 is 0 Å². The Balaban J connectivity index is 2.12. The van der Waals surface area contributed by atoms with Crippen LogP contribution in [0.25, 0.3) is 0 Å². The molecular formula is C21H24Br2N2O3. The molecule has 0 aliphatic heterocycles. The molecule has 0 aliphatic rings. The molecule has 150 valence electrons. The van der Waals surface area contributed by atoms with Crippen molar-refractivity contribution in [2.75, 3.05) is 13.2 Å². The molecule has 0 bridgehead atoms. The Morgan fingerprint density at radius 2 is 1.82 bits per heavy atom. The molecule has 0 fully saturated rings. The highest BCUT2D eigenvalue weighted by Crippen LogP contribution is 2.18. The highest BCUT2D eigenvalue weighted by molar-refractivity contribution is 9.10. The molecule has 5 nitrogen and oxygen atoms in total. The maximum absolute atomic E-state index is 12.9. The Morgan fingerprint density at radius 3 is 2.46 bits per heavy atom. The molecule has 0 heterocycles. The van der Waals surface area contributed by atoms with Crippen molar-refractivity contribution in [1.82, 2.24) is 10.2 Å². The first-order valence-corrected chi connectivity index (χ1v) is 10.7. The second-order valence-electron chi connectivity index (χ2n) is 6.36. The molecule has 0 saturated carbocycles. The van der Waals surface area contributed by atoms with Gasteiger partial charge in [-0.05, 0) is 55.3 Å². The molecule has 0 spiro atoms. The van der Waals surface area contributed by atoms with Crippen LogP contribution in [0.5, 0.6) is 5.75 Å². The van der Waals surface area contributed by atoms with Gasteiger partial charge in [-0.3, -0.25) is 9.59 Å². The molecule has 0 saturated heterocycles. The van der Waals surface area contributed by atoms with Gasteiger partial charge in [0.2, 0.25) is 5.91 Å². The number of nitrogens with zero attached hydrogens (tertiary/aromatic N) is 1. The van der Waals surface area contributed by atoms with Gasteiger partial charge in [0, 0.05) is 22.0 Å². The fourth-order valence-electron chi connectivity index (χ4n) is 2.57. The van der Waals surface area contributed by atoms with E-state index in [4.69, 9.17) is 4.74 Å². The van der Waals surface area contributed by atoms with Crippen LogP contribution in [0.4, 0.5) is 0 Å². The Bertz CT molecular complexity index is 796. The summed E-state index contributed by atoms with van der Waals surface area (Å²) in [6.07, 6.45) is 0.838. The first-order valence-electron chi connectivity index (χ1n) is 9.10. The molecule has 1 N–H and O–H groups in total. The molecular weight excluding hydrogens is 488 g/mol. The molecule has 7 heteroatoms. The van der Waals surface area contributed by atoms with E-state index in [0.29, 0.717) is 18.8 Å². The smallest absolute Gasteiger partial charge is 0.261 e. The van der Waals surface area contributed by atoms with Crippen LogP contribution in [-0.4, -0.2) is 35.9 Å². The lowest BCUT2D eigenvalue weighted by Gasteiger charge is -2.28. The van der Waals surface area contributed by atoms with Crippen molar-refractivity contribution in [3.63, 3.8) is 0 Å². The molecule has 2 amide bonds. The standard InChI is InChI=1S/C21H24Br2N2O3/c1-3-11-24-21(27)15(2)25(13-16-5-4-6-18(23)12-16)20(26)14-28-19-9-7-17(22)8-10-19/h4-10,12,15H,3,11,13-14H2,1-2H3,(H,24,27). The summed E-state index contributed by atoms with van der Waals surface area (Å²) in [5.74, 6) is 0.179. The summed E-state index contributed by atoms with van der Waals surface area (Å²) < 4.78 is 7.48. The van der Waals surface area contributed by atoms with Crippen LogP contribution < -0.4 is 10.1 Å². The number of rotatable bonds is 9. The van der Waals surface area contributed by atoms with Gasteiger partial charge in [-0.25, -0.2) is 0 Å². The SMILES string of the molecule is CCCNC(=O)C(C)N(Cc1cccc(Br)c1)C(=O)COc1ccc(Br)cc1. The third-order valence-corrected chi connectivity index (χ3v) is 5.16. The summed E-state index contributed by atoms with van der Waals surface area (Å²) in [6, 6.07) is 14.3. The number of hydrogen-bond acceptors (Lipinski definition) is 3. The van der Waals surface area contributed by atoms with Gasteiger partial charge in [-0.2, -0.15) is 0 Å². The molecule has 1 atom stereocenters. The zero-order chi connectivity index (χ0) is 20.5. The fraction of sp³-hybridized carbons (Fsp3) is 0.333. The van der Waals surface area contributed by atoms with E-state index in [1.807, 2.05) is 43.3 Å². The number of benzene rings is 2. The van der Waals surface area contributed by atoms with Crippen LogP contribution >= 0.6 is 31.9 Å². The highest BCUT2D eigenvalue weighted by Gasteiger charge is 2.26. The maximum atomic E-state index is 12.9. The Kier molecular flexibility index (Phi) is 8.99. The molecule has 28 heavy (non-hydrogen) atoms. The molecule has 0 aliphatic carbocycles. The van der Waals surface area contributed by atoms with Crippen LogP contribution in [0.1, 0.15) is 25.8 Å². The number of hydrogen-bond donors (Lipinski definition) is 1. The lowest BCUT2D eigenvalue weighted by atomic mass is 10.1. The van der Waals surface area contributed by atoms with E-state index in [-0.39, 0.29) is 18.4 Å². The van der Waals surface area contributed by atoms with Crippen LogP contribution in [0.15, 0.2) is 57.5 Å². The van der Waals surface area contributed by atoms with E-state index in [9.17, 15) is 9.59 Å². The minimum atomic E-state index is -0.605. The lowest BCUT2D eigenvalue weighted by Crippen LogP contribution is -2.49. The van der Waals surface area contributed by atoms with Gasteiger partial charge in [-0.15, -0.1) is 0 Å². The van der Waals surface area contributed by atoms with Crippen LogP contribution in [-0.2, 0) is 16.1 Å². The van der Waals surface area contributed by atoms with E-state index in [2.05, 4.69) is 37.2 Å². The predicted molar refractivity (Wildman–Crippen MR) is 117 cm³/mol. The van der Waals surface area contributed by atoms with E-state index in [0.717, 1.165) is 20.9 Å². The van der Waals surface area contributed by atoms with Crippen molar-refractivity contribution in [2.45, 2.75) is 32.9 Å². The van der Waals surface area contributed by atoms with Gasteiger partial charge < -0.3 is 15.0 Å². The number of amides is 2. The zero-order valence-electron chi connectivity index (χ0n) is 16.0. The van der Waals surface area contributed by atoms with Gasteiger partial charge in [-0.1, -0.05) is 50.9 Å². The van der Waals surface area contributed by atoms with E-state index >= 15 is 0 Å². The zero-order valence-corrected chi connectivity index (χ0v) is 19.1. The van der Waals surface area contributed by atoms with E-state index in [1.165, 1.54) is 0 Å². The van der Waals surface area contributed by atoms with Crippen molar-refractivity contribution in [2.24, 2.45) is 0 Å². The summed E-state index contributed by atoms with van der Waals surface area (Å²) >= 11 is 6.81. The maximum Gasteiger partial charge on any atom is 0.261 e. The van der Waals surface area contributed by atoms with Crippen LogP contribution in [0.2, 0.25) is 0 Å². The fourth-order valence-corrected chi connectivity index (χ4v) is 3.28. The van der Waals surface area contributed by atoms with Crippen molar-refractivity contribution in [3.8, 4) is 5.75 Å². The van der Waals surface area contributed by atoms with E-state index in [1.54, 1.807) is 24.0 Å². The summed E-state index contributed by atoms with van der Waals surface area (Å²) in [5, 5.41) is 2.86. The number of ether oxygens (including phenoxy) is 1. The molecule has 0 radical (unpaired) electrons. The van der Waals surface area contributed by atoms with Crippen LogP contribution in [0.3, 0.4) is 0 Å². The molecule has 2 aromatic carbocycles. The van der Waals surface area contributed by atoms with Crippen LogP contribution in [0, 0.1) is 0 Å². The Morgan fingerprint density at radius 1 is 1.11 bits per heavy atom. The predicted octanol–water partition coefficient (Wildman–Crippen LogP) is 4.53. The molecule has 2 aromatic rings. The van der Waals surface area contributed by atoms with Gasteiger partial charge in [0.1, 0.15) is 11.8 Å². The minimum Gasteiger partial charge on any atom is -0.484 e. The van der Waals surface area contributed by atoms with Gasteiger partial charge in [0.05, 0.1) is 0 Å². The summed E-state index contributed by atoms with van der Waals surface area (Å²) in [4.78, 5) is 26.9. The third-order valence-electron chi connectivity index (χ3n) is 4.13. The minimum absolute atomic E-state index is 0.138. The lowest BCUT2D eigenvalue weighted by molar-refractivity contribution is -0.142. The monoisotopic (exact) mass is 510 g/mol. The van der Waals surface area contributed by atoms with Crippen molar-refractivity contribution >= 4 is 43.7 Å². The summed E-state index contributed by atoms with van der Waals surface area (Å²) in [7, 11) is 0. The topological polar surface area (TPSA) is 58.6 Å². The average molecular weight is 512 g/mol. The Labute approximate surface area is 182 Å². The van der Waals surface area contributed by atoms with Crippen molar-refractivity contribution < 1.29 is 14.3 Å². The van der Waals surface area contributed by atoms with Gasteiger partial charge in [0.25, 0.3) is 5.91 Å². The van der Waals surface area contributed by atoms with E-state index < -0.39 is 6.04 Å². The normalized spacial score (nSPS) is 11.6. The summed E-state index contributed by atoms with van der Waals surface area (Å²) in [5.41, 5.74) is 0.932. The van der Waals surface area contributed by atoms with Crippen molar-refractivity contribution in [3.05, 3.63) is 63.0 Å². The molecule has 0 aromatic heterocycles. The number of carbonyl (C=O) groups excluding carboxylic acids is 2. The molecule has 1 unspecified atom stereocenters. The largest absolute Gasteiger partial charge is 0.484 e. The second kappa shape index (κ2) is 11.2. The third kappa shape index (κ3) is 6.95. The number of halogens is 2. The quantitative estimate of drug-likeness (QED) is 0.538. The Hall–Kier alpha value is -1.86. The van der Waals surface area contributed by atoms with Gasteiger partial charge in [0.15, 0.2) is 6.61 Å². The average Bonchev–Trinajstić information content (AvgIpc) is 2.69. The number of carbonyl (C=O) groups is 2. The number of nitrogens with one attached hydrogen (secondary N) is 1. The highest BCUT2D eigenvalue weighted by atomic mass is 79.9. The summed E-state index contributed by atoms with van der Waals surface area (Å²) in [6.45, 7) is 4.49. The molecule has 2 rings (SSSR count). The van der Waals surface area contributed by atoms with Crippen molar-refractivity contribution in [1.29, 1.82) is 0 Å². The second-order valence-corrected chi connectivity index (χ2v) is 8.19. The first kappa shape index (κ1) is 22.4.